The van der Waals surface area contributed by atoms with Gasteiger partial charge >= 0.3 is 0 Å². The van der Waals surface area contributed by atoms with Crippen LogP contribution in [0.1, 0.15) is 38.8 Å². The van der Waals surface area contributed by atoms with E-state index in [1.807, 2.05) is 0 Å². The number of nitrogens with zero attached hydrogens (tertiary/aromatic N) is 2. The molecule has 1 unspecified atom stereocenters. The lowest BCUT2D eigenvalue weighted by Gasteiger charge is -2.20. The van der Waals surface area contributed by atoms with E-state index in [9.17, 15) is 0 Å². The van der Waals surface area contributed by atoms with Gasteiger partial charge < -0.3 is 14.8 Å². The molecule has 1 saturated heterocycles. The summed E-state index contributed by atoms with van der Waals surface area (Å²) in [6.07, 6.45) is 6.18. The average Bonchev–Trinajstić information content (AvgIpc) is 3.02. The van der Waals surface area contributed by atoms with E-state index in [0.717, 1.165) is 25.6 Å². The van der Waals surface area contributed by atoms with Gasteiger partial charge in [-0.2, -0.15) is 0 Å². The molecule has 0 saturated carbocycles. The average molecular weight is 263 g/mol. The largest absolute Gasteiger partial charge is 0.350 e. The molecule has 1 aliphatic heterocycles. The molecule has 0 amide bonds. The van der Waals surface area contributed by atoms with E-state index in [0.29, 0.717) is 0 Å². The zero-order chi connectivity index (χ0) is 13.5. The van der Waals surface area contributed by atoms with Crippen molar-refractivity contribution in [2.45, 2.75) is 46.2 Å². The lowest BCUT2D eigenvalue weighted by atomic mass is 10.1. The second-order valence-corrected chi connectivity index (χ2v) is 5.94. The van der Waals surface area contributed by atoms with Crippen LogP contribution in [0.3, 0.4) is 0 Å². The Morgan fingerprint density at radius 3 is 2.84 bits per heavy atom. The summed E-state index contributed by atoms with van der Waals surface area (Å²) < 4.78 is 2.36. The van der Waals surface area contributed by atoms with Crippen LogP contribution in [0, 0.1) is 5.92 Å². The van der Waals surface area contributed by atoms with Crippen molar-refractivity contribution in [3.8, 4) is 0 Å². The number of rotatable bonds is 8. The Bertz CT molecular complexity index is 353. The molecule has 1 aromatic heterocycles. The van der Waals surface area contributed by atoms with Gasteiger partial charge in [-0.3, -0.25) is 0 Å². The molecule has 108 valence electrons. The van der Waals surface area contributed by atoms with Gasteiger partial charge in [-0.15, -0.1) is 0 Å². The van der Waals surface area contributed by atoms with Gasteiger partial charge in [0.1, 0.15) is 0 Å². The maximum atomic E-state index is 3.61. The zero-order valence-corrected chi connectivity index (χ0v) is 12.6. The Morgan fingerprint density at radius 2 is 2.11 bits per heavy atom. The normalized spacial score (nSPS) is 18.0. The highest BCUT2D eigenvalue weighted by Crippen LogP contribution is 2.10. The van der Waals surface area contributed by atoms with E-state index in [1.165, 1.54) is 44.6 Å². The first-order valence-electron chi connectivity index (χ1n) is 7.86. The predicted octanol–water partition coefficient (Wildman–Crippen LogP) is 2.72. The van der Waals surface area contributed by atoms with Crippen molar-refractivity contribution in [3.63, 3.8) is 0 Å². The van der Waals surface area contributed by atoms with Gasteiger partial charge in [0.15, 0.2) is 0 Å². The number of aryl methyl sites for hydroxylation is 1. The Kier molecular flexibility index (Phi) is 5.93. The molecule has 0 aliphatic carbocycles. The second kappa shape index (κ2) is 7.71. The van der Waals surface area contributed by atoms with E-state index in [2.05, 4.69) is 47.0 Å². The molecule has 1 fully saturated rings. The molecule has 1 aromatic rings. The number of hydrogen-bond donors (Lipinski definition) is 1. The fourth-order valence-electron chi connectivity index (χ4n) is 2.99. The molecule has 2 heterocycles. The number of aromatic nitrogens is 1. The summed E-state index contributed by atoms with van der Waals surface area (Å²) in [4.78, 5) is 2.60. The summed E-state index contributed by atoms with van der Waals surface area (Å²) in [5.74, 6) is 0.743. The highest BCUT2D eigenvalue weighted by atomic mass is 15.1. The molecule has 0 bridgehead atoms. The van der Waals surface area contributed by atoms with Crippen LogP contribution < -0.4 is 5.32 Å². The van der Waals surface area contributed by atoms with Crippen LogP contribution in [0.2, 0.25) is 0 Å². The third kappa shape index (κ3) is 4.66. The lowest BCUT2D eigenvalue weighted by molar-refractivity contribution is 0.282. The number of hydrogen-bond acceptors (Lipinski definition) is 2. The van der Waals surface area contributed by atoms with Gasteiger partial charge in [0.25, 0.3) is 0 Å². The first-order valence-corrected chi connectivity index (χ1v) is 7.86. The molecule has 19 heavy (non-hydrogen) atoms. The molecule has 3 nitrogen and oxygen atoms in total. The van der Waals surface area contributed by atoms with Gasteiger partial charge in [-0.05, 0) is 56.9 Å². The van der Waals surface area contributed by atoms with E-state index in [1.54, 1.807) is 0 Å². The smallest absolute Gasteiger partial charge is 0.0359 e. The summed E-state index contributed by atoms with van der Waals surface area (Å²) >= 11 is 0. The molecule has 0 aromatic carbocycles. The Balaban J connectivity index is 1.66. The lowest BCUT2D eigenvalue weighted by Crippen LogP contribution is -2.31. The van der Waals surface area contributed by atoms with Crippen molar-refractivity contribution >= 4 is 0 Å². The van der Waals surface area contributed by atoms with Crippen molar-refractivity contribution in [2.75, 3.05) is 26.2 Å². The van der Waals surface area contributed by atoms with Gasteiger partial charge in [0.2, 0.25) is 0 Å². The van der Waals surface area contributed by atoms with Crippen LogP contribution >= 0.6 is 0 Å². The van der Waals surface area contributed by atoms with Gasteiger partial charge in [0.05, 0.1) is 0 Å². The highest BCUT2D eigenvalue weighted by molar-refractivity contribution is 5.06. The van der Waals surface area contributed by atoms with E-state index >= 15 is 0 Å². The monoisotopic (exact) mass is 263 g/mol. The molecule has 1 N–H and O–H groups in total. The summed E-state index contributed by atoms with van der Waals surface area (Å²) in [6, 6.07) is 4.38. The second-order valence-electron chi connectivity index (χ2n) is 5.94. The first kappa shape index (κ1) is 14.6. The molecule has 0 radical (unpaired) electrons. The summed E-state index contributed by atoms with van der Waals surface area (Å²) in [6.45, 7) is 11.7. The minimum Gasteiger partial charge on any atom is -0.350 e. The number of likely N-dealkylation sites (tertiary alicyclic amines) is 1. The topological polar surface area (TPSA) is 20.2 Å². The van der Waals surface area contributed by atoms with Gasteiger partial charge in [-0.25, -0.2) is 0 Å². The molecule has 0 spiro atoms. The highest BCUT2D eigenvalue weighted by Gasteiger charge is 2.14. The summed E-state index contributed by atoms with van der Waals surface area (Å²) in [5, 5.41) is 3.61. The van der Waals surface area contributed by atoms with Crippen LogP contribution in [-0.4, -0.2) is 35.6 Å². The zero-order valence-electron chi connectivity index (χ0n) is 12.6. The molecule has 2 rings (SSSR count). The number of nitrogens with one attached hydrogen (secondary N) is 1. The van der Waals surface area contributed by atoms with Crippen molar-refractivity contribution in [1.29, 1.82) is 0 Å². The Hall–Kier alpha value is -0.800. The molecule has 3 heteroatoms. The summed E-state index contributed by atoms with van der Waals surface area (Å²) in [5.41, 5.74) is 1.41. The Morgan fingerprint density at radius 1 is 1.32 bits per heavy atom. The van der Waals surface area contributed by atoms with Crippen LogP contribution in [0.25, 0.3) is 0 Å². The molecular formula is C16H29N3. The molecule has 1 atom stereocenters. The maximum absolute atomic E-state index is 3.61. The van der Waals surface area contributed by atoms with E-state index in [-0.39, 0.29) is 0 Å². The third-order valence-corrected chi connectivity index (χ3v) is 3.96. The standard InChI is InChI=1S/C16H29N3/c1-3-8-19-11-6-7-16(19)13-17-12-15(2)14-18-9-4-5-10-18/h6-7,11,15,17H,3-5,8-10,12-14H2,1-2H3. The van der Waals surface area contributed by atoms with Crippen LogP contribution in [-0.2, 0) is 13.1 Å². The fraction of sp³-hybridized carbons (Fsp3) is 0.750. The van der Waals surface area contributed by atoms with Crippen molar-refractivity contribution < 1.29 is 0 Å². The van der Waals surface area contributed by atoms with Crippen LogP contribution in [0.5, 0.6) is 0 Å². The quantitative estimate of drug-likeness (QED) is 0.778. The van der Waals surface area contributed by atoms with E-state index < -0.39 is 0 Å². The molecular weight excluding hydrogens is 234 g/mol. The van der Waals surface area contributed by atoms with Crippen LogP contribution in [0.15, 0.2) is 18.3 Å². The van der Waals surface area contributed by atoms with Crippen molar-refractivity contribution in [3.05, 3.63) is 24.0 Å². The summed E-state index contributed by atoms with van der Waals surface area (Å²) in [7, 11) is 0. The predicted molar refractivity (Wildman–Crippen MR) is 81.3 cm³/mol. The van der Waals surface area contributed by atoms with Crippen molar-refractivity contribution in [1.82, 2.24) is 14.8 Å². The third-order valence-electron chi connectivity index (χ3n) is 3.96. The molecule has 1 aliphatic rings. The van der Waals surface area contributed by atoms with Gasteiger partial charge in [-0.1, -0.05) is 13.8 Å². The first-order chi connectivity index (χ1) is 9.29. The minimum absolute atomic E-state index is 0.743. The fourth-order valence-corrected chi connectivity index (χ4v) is 2.99. The Labute approximate surface area is 118 Å². The minimum atomic E-state index is 0.743. The van der Waals surface area contributed by atoms with Crippen LogP contribution in [0.4, 0.5) is 0 Å². The maximum Gasteiger partial charge on any atom is 0.0359 e. The van der Waals surface area contributed by atoms with Crippen molar-refractivity contribution in [2.24, 2.45) is 5.92 Å². The van der Waals surface area contributed by atoms with Gasteiger partial charge in [0, 0.05) is 31.5 Å². The van der Waals surface area contributed by atoms with E-state index in [4.69, 9.17) is 0 Å². The SMILES string of the molecule is CCCn1cccc1CNCC(C)CN1CCCC1.